The molecule has 9 heteroatoms. The molecule has 0 radical (unpaired) electrons. The highest BCUT2D eigenvalue weighted by atomic mass is 32.1. The van der Waals surface area contributed by atoms with Gasteiger partial charge in [0.1, 0.15) is 11.6 Å². The number of nitrogens with one attached hydrogen (secondary N) is 2. The number of carbonyl (C=O) groups excluding carboxylic acids is 1. The molecule has 0 saturated heterocycles. The summed E-state index contributed by atoms with van der Waals surface area (Å²) < 4.78 is 32.1. The van der Waals surface area contributed by atoms with Crippen molar-refractivity contribution in [3.8, 4) is 5.75 Å². The fourth-order valence-corrected chi connectivity index (χ4v) is 2.90. The Labute approximate surface area is 152 Å². The molecule has 1 heterocycles. The number of hydrogen-bond acceptors (Lipinski definition) is 4. The van der Waals surface area contributed by atoms with Crippen LogP contribution in [0.3, 0.4) is 0 Å². The standard InChI is InChI=1S/C17H16F2N4O2S/c1-10-21-22-17(26)23(10)7-6-20-15(24)13-8-11-4-2-3-5-12(11)9-14(13)25-16(18)19/h2-5,8-9,16H,6-7H2,1H3,(H,20,24)(H,22,26). The summed E-state index contributed by atoms with van der Waals surface area (Å²) in [5.41, 5.74) is 0.0523. The molecule has 0 aliphatic carbocycles. The van der Waals surface area contributed by atoms with Gasteiger partial charge in [-0.1, -0.05) is 24.3 Å². The molecule has 0 spiro atoms. The number of benzene rings is 2. The van der Waals surface area contributed by atoms with Crippen molar-refractivity contribution < 1.29 is 18.3 Å². The summed E-state index contributed by atoms with van der Waals surface area (Å²) >= 11 is 5.10. The highest BCUT2D eigenvalue weighted by molar-refractivity contribution is 7.71. The average molecular weight is 378 g/mol. The van der Waals surface area contributed by atoms with Crippen molar-refractivity contribution in [1.29, 1.82) is 0 Å². The number of rotatable bonds is 6. The van der Waals surface area contributed by atoms with Crippen LogP contribution in [0.2, 0.25) is 0 Å². The topological polar surface area (TPSA) is 71.9 Å². The van der Waals surface area contributed by atoms with Crippen LogP contribution in [-0.4, -0.2) is 33.8 Å². The first-order valence-corrected chi connectivity index (χ1v) is 8.24. The zero-order chi connectivity index (χ0) is 18.7. The number of alkyl halides is 2. The summed E-state index contributed by atoms with van der Waals surface area (Å²) in [6, 6.07) is 10.1. The SMILES string of the molecule is Cc1n[nH]c(=S)n1CCNC(=O)c1cc2ccccc2cc1OC(F)F. The van der Waals surface area contributed by atoms with Gasteiger partial charge in [-0.05, 0) is 42.0 Å². The van der Waals surface area contributed by atoms with Gasteiger partial charge in [0.2, 0.25) is 0 Å². The van der Waals surface area contributed by atoms with Crippen molar-refractivity contribution in [1.82, 2.24) is 20.1 Å². The quantitative estimate of drug-likeness (QED) is 0.645. The van der Waals surface area contributed by atoms with Crippen molar-refractivity contribution in [2.75, 3.05) is 6.54 Å². The van der Waals surface area contributed by atoms with E-state index in [1.54, 1.807) is 35.8 Å². The zero-order valence-electron chi connectivity index (χ0n) is 13.8. The van der Waals surface area contributed by atoms with Crippen LogP contribution in [0.25, 0.3) is 10.8 Å². The van der Waals surface area contributed by atoms with Crippen LogP contribution in [0.5, 0.6) is 5.75 Å². The molecule has 136 valence electrons. The molecule has 1 amide bonds. The number of aromatic amines is 1. The van der Waals surface area contributed by atoms with Crippen molar-refractivity contribution in [2.45, 2.75) is 20.1 Å². The van der Waals surface area contributed by atoms with E-state index in [0.717, 1.165) is 5.39 Å². The zero-order valence-corrected chi connectivity index (χ0v) is 14.6. The second-order valence-corrected chi connectivity index (χ2v) is 5.94. The highest BCUT2D eigenvalue weighted by Crippen LogP contribution is 2.27. The van der Waals surface area contributed by atoms with Gasteiger partial charge in [0, 0.05) is 13.1 Å². The molecule has 1 aromatic heterocycles. The molecule has 26 heavy (non-hydrogen) atoms. The number of aryl methyl sites for hydroxylation is 1. The summed E-state index contributed by atoms with van der Waals surface area (Å²) in [7, 11) is 0. The number of carbonyl (C=O) groups is 1. The third-order valence-corrected chi connectivity index (χ3v) is 4.19. The molecular formula is C17H16F2N4O2S. The predicted molar refractivity (Wildman–Crippen MR) is 95.1 cm³/mol. The predicted octanol–water partition coefficient (Wildman–Crippen LogP) is 3.43. The van der Waals surface area contributed by atoms with E-state index >= 15 is 0 Å². The number of ether oxygens (including phenoxy) is 1. The maximum atomic E-state index is 12.7. The lowest BCUT2D eigenvalue weighted by Gasteiger charge is -2.13. The minimum absolute atomic E-state index is 0.0523. The van der Waals surface area contributed by atoms with Gasteiger partial charge in [0.25, 0.3) is 5.91 Å². The van der Waals surface area contributed by atoms with Crippen LogP contribution in [0, 0.1) is 11.7 Å². The molecule has 6 nitrogen and oxygen atoms in total. The molecule has 0 aliphatic heterocycles. The Morgan fingerprint density at radius 3 is 2.65 bits per heavy atom. The minimum atomic E-state index is -3.02. The number of hydrogen-bond donors (Lipinski definition) is 2. The fraction of sp³-hybridized carbons (Fsp3) is 0.235. The first-order valence-electron chi connectivity index (χ1n) is 7.83. The summed E-state index contributed by atoms with van der Waals surface area (Å²) in [4.78, 5) is 12.5. The van der Waals surface area contributed by atoms with E-state index in [1.165, 1.54) is 12.1 Å². The number of nitrogens with zero attached hydrogens (tertiary/aromatic N) is 2. The number of halogens is 2. The summed E-state index contributed by atoms with van der Waals surface area (Å²) in [6.07, 6.45) is 0. The van der Waals surface area contributed by atoms with E-state index in [2.05, 4.69) is 20.3 Å². The monoisotopic (exact) mass is 378 g/mol. The lowest BCUT2D eigenvalue weighted by molar-refractivity contribution is -0.0500. The molecule has 0 bridgehead atoms. The second-order valence-electron chi connectivity index (χ2n) is 5.56. The second kappa shape index (κ2) is 7.61. The Balaban J connectivity index is 1.80. The van der Waals surface area contributed by atoms with Gasteiger partial charge >= 0.3 is 6.61 Å². The Kier molecular flexibility index (Phi) is 5.27. The Bertz CT molecular complexity index is 1000. The van der Waals surface area contributed by atoms with Crippen molar-refractivity contribution in [2.24, 2.45) is 0 Å². The minimum Gasteiger partial charge on any atom is -0.434 e. The average Bonchev–Trinajstić information content (AvgIpc) is 2.92. The molecule has 0 atom stereocenters. The van der Waals surface area contributed by atoms with Crippen molar-refractivity contribution in [3.63, 3.8) is 0 Å². The first kappa shape index (κ1) is 18.0. The molecule has 3 aromatic rings. The number of H-pyrrole nitrogens is 1. The van der Waals surface area contributed by atoms with Crippen molar-refractivity contribution in [3.05, 3.63) is 52.6 Å². The van der Waals surface area contributed by atoms with Crippen LogP contribution in [0.4, 0.5) is 8.78 Å². The van der Waals surface area contributed by atoms with Gasteiger partial charge < -0.3 is 14.6 Å². The van der Waals surface area contributed by atoms with Crippen LogP contribution in [-0.2, 0) is 6.54 Å². The van der Waals surface area contributed by atoms with Crippen LogP contribution in [0.15, 0.2) is 36.4 Å². The third-order valence-electron chi connectivity index (χ3n) is 3.88. The number of aromatic nitrogens is 3. The maximum Gasteiger partial charge on any atom is 0.387 e. The molecule has 0 fully saturated rings. The molecule has 0 aliphatic rings. The normalized spacial score (nSPS) is 11.1. The summed E-state index contributed by atoms with van der Waals surface area (Å²) in [6.45, 7) is -0.568. The van der Waals surface area contributed by atoms with E-state index < -0.39 is 12.5 Å². The van der Waals surface area contributed by atoms with Gasteiger partial charge in [-0.2, -0.15) is 13.9 Å². The van der Waals surface area contributed by atoms with E-state index in [0.29, 0.717) is 22.5 Å². The number of fused-ring (bicyclic) bond motifs is 1. The van der Waals surface area contributed by atoms with Gasteiger partial charge in [-0.3, -0.25) is 9.89 Å². The lowest BCUT2D eigenvalue weighted by Crippen LogP contribution is -2.28. The molecule has 2 aromatic carbocycles. The summed E-state index contributed by atoms with van der Waals surface area (Å²) in [5.74, 6) is 0.0306. The van der Waals surface area contributed by atoms with E-state index in [1.807, 2.05) is 0 Å². The molecular weight excluding hydrogens is 362 g/mol. The maximum absolute atomic E-state index is 12.7. The largest absolute Gasteiger partial charge is 0.434 e. The fourth-order valence-electron chi connectivity index (χ4n) is 2.63. The Morgan fingerprint density at radius 2 is 2.04 bits per heavy atom. The van der Waals surface area contributed by atoms with Crippen LogP contribution < -0.4 is 10.1 Å². The van der Waals surface area contributed by atoms with E-state index in [9.17, 15) is 13.6 Å². The molecule has 0 unspecified atom stereocenters. The van der Waals surface area contributed by atoms with Gasteiger partial charge in [0.15, 0.2) is 4.77 Å². The lowest BCUT2D eigenvalue weighted by atomic mass is 10.1. The van der Waals surface area contributed by atoms with Gasteiger partial charge in [-0.15, -0.1) is 0 Å². The Hall–Kier alpha value is -2.81. The van der Waals surface area contributed by atoms with Gasteiger partial charge in [0.05, 0.1) is 5.56 Å². The third kappa shape index (κ3) is 3.88. The first-order chi connectivity index (χ1) is 12.5. The Morgan fingerprint density at radius 1 is 1.35 bits per heavy atom. The molecule has 0 saturated carbocycles. The van der Waals surface area contributed by atoms with Gasteiger partial charge in [-0.25, -0.2) is 0 Å². The van der Waals surface area contributed by atoms with E-state index in [4.69, 9.17) is 12.2 Å². The smallest absolute Gasteiger partial charge is 0.387 e. The highest BCUT2D eigenvalue weighted by Gasteiger charge is 2.17. The molecule has 3 rings (SSSR count). The van der Waals surface area contributed by atoms with Crippen LogP contribution >= 0.6 is 12.2 Å². The van der Waals surface area contributed by atoms with Crippen molar-refractivity contribution >= 4 is 28.9 Å². The molecule has 2 N–H and O–H groups in total. The van der Waals surface area contributed by atoms with Crippen LogP contribution in [0.1, 0.15) is 16.2 Å². The number of amides is 1. The summed E-state index contributed by atoms with van der Waals surface area (Å²) in [5, 5.41) is 10.8. The van der Waals surface area contributed by atoms with E-state index in [-0.39, 0.29) is 17.9 Å².